The highest BCUT2D eigenvalue weighted by molar-refractivity contribution is 6.48. The standard InChI is InChI=1S/C12H7Cl3N2O2/c13-7-3-5(4-8(14)10(7)15)9-6(12(18)19)1-2-17-11(9)16/h1-4H,(H2,16,17)(H,18,19). The normalized spacial score (nSPS) is 10.5. The zero-order valence-corrected chi connectivity index (χ0v) is 11.6. The van der Waals surface area contributed by atoms with Crippen LogP contribution in [0, 0.1) is 0 Å². The van der Waals surface area contributed by atoms with Crippen LogP contribution < -0.4 is 5.73 Å². The Labute approximate surface area is 123 Å². The van der Waals surface area contributed by atoms with E-state index in [1.165, 1.54) is 24.4 Å². The van der Waals surface area contributed by atoms with Crippen LogP contribution in [0.3, 0.4) is 0 Å². The lowest BCUT2D eigenvalue weighted by atomic mass is 10.0. The van der Waals surface area contributed by atoms with E-state index in [9.17, 15) is 4.79 Å². The van der Waals surface area contributed by atoms with Gasteiger partial charge in [0.15, 0.2) is 0 Å². The van der Waals surface area contributed by atoms with Crippen LogP contribution in [0.2, 0.25) is 15.1 Å². The van der Waals surface area contributed by atoms with Crippen molar-refractivity contribution in [2.45, 2.75) is 0 Å². The fourth-order valence-electron chi connectivity index (χ4n) is 1.66. The summed E-state index contributed by atoms with van der Waals surface area (Å²) < 4.78 is 0. The van der Waals surface area contributed by atoms with Crippen LogP contribution in [-0.2, 0) is 0 Å². The minimum absolute atomic E-state index is 0.0157. The number of rotatable bonds is 2. The molecule has 0 aliphatic rings. The quantitative estimate of drug-likeness (QED) is 0.821. The highest BCUT2D eigenvalue weighted by Gasteiger charge is 2.17. The number of hydrogen-bond donors (Lipinski definition) is 2. The highest BCUT2D eigenvalue weighted by Crippen LogP contribution is 2.37. The van der Waals surface area contributed by atoms with Gasteiger partial charge in [0.2, 0.25) is 0 Å². The maximum atomic E-state index is 11.2. The predicted molar refractivity (Wildman–Crippen MR) is 76.1 cm³/mol. The van der Waals surface area contributed by atoms with E-state index in [0.717, 1.165) is 0 Å². The fraction of sp³-hybridized carbons (Fsp3) is 0. The van der Waals surface area contributed by atoms with Gasteiger partial charge in [-0.15, -0.1) is 0 Å². The number of carboxylic acid groups (broad SMARTS) is 1. The molecule has 1 heterocycles. The lowest BCUT2D eigenvalue weighted by Gasteiger charge is -2.10. The number of benzene rings is 1. The molecule has 4 nitrogen and oxygen atoms in total. The molecule has 1 aromatic heterocycles. The second-order valence-electron chi connectivity index (χ2n) is 3.68. The van der Waals surface area contributed by atoms with Gasteiger partial charge in [0.1, 0.15) is 5.82 Å². The van der Waals surface area contributed by atoms with E-state index < -0.39 is 5.97 Å². The van der Waals surface area contributed by atoms with E-state index in [-0.39, 0.29) is 32.0 Å². The topological polar surface area (TPSA) is 76.2 Å². The number of nitrogens with zero attached hydrogens (tertiary/aromatic N) is 1. The molecule has 1 aromatic carbocycles. The van der Waals surface area contributed by atoms with E-state index in [4.69, 9.17) is 45.6 Å². The molecular weight excluding hydrogens is 311 g/mol. The summed E-state index contributed by atoms with van der Waals surface area (Å²) in [6, 6.07) is 4.34. The molecule has 0 aliphatic carbocycles. The molecule has 0 aliphatic heterocycles. The van der Waals surface area contributed by atoms with Crippen LogP contribution in [0.5, 0.6) is 0 Å². The molecule has 2 aromatic rings. The molecule has 19 heavy (non-hydrogen) atoms. The molecule has 0 saturated heterocycles. The predicted octanol–water partition coefficient (Wildman–Crippen LogP) is 3.99. The van der Waals surface area contributed by atoms with Gasteiger partial charge in [-0.2, -0.15) is 0 Å². The molecule has 0 spiro atoms. The van der Waals surface area contributed by atoms with Crippen molar-refractivity contribution < 1.29 is 9.90 Å². The maximum absolute atomic E-state index is 11.2. The van der Waals surface area contributed by atoms with Gasteiger partial charge < -0.3 is 10.8 Å². The average Bonchev–Trinajstić information content (AvgIpc) is 2.35. The van der Waals surface area contributed by atoms with Crippen molar-refractivity contribution in [3.63, 3.8) is 0 Å². The van der Waals surface area contributed by atoms with Crippen LogP contribution >= 0.6 is 34.8 Å². The number of nitrogen functional groups attached to an aromatic ring is 1. The average molecular weight is 318 g/mol. The zero-order chi connectivity index (χ0) is 14.2. The number of aromatic nitrogens is 1. The summed E-state index contributed by atoms with van der Waals surface area (Å²) in [5, 5.41) is 9.79. The van der Waals surface area contributed by atoms with E-state index in [2.05, 4.69) is 4.98 Å². The number of aromatic carboxylic acids is 1. The molecule has 0 amide bonds. The van der Waals surface area contributed by atoms with E-state index in [0.29, 0.717) is 5.56 Å². The van der Waals surface area contributed by atoms with Crippen molar-refractivity contribution in [1.29, 1.82) is 0 Å². The van der Waals surface area contributed by atoms with Gasteiger partial charge in [0, 0.05) is 11.8 Å². The third kappa shape index (κ3) is 2.61. The Morgan fingerprint density at radius 3 is 2.32 bits per heavy atom. The van der Waals surface area contributed by atoms with Gasteiger partial charge in [-0.05, 0) is 23.8 Å². The monoisotopic (exact) mass is 316 g/mol. The van der Waals surface area contributed by atoms with Crippen molar-refractivity contribution in [2.75, 3.05) is 5.73 Å². The summed E-state index contributed by atoms with van der Waals surface area (Å²) in [6.45, 7) is 0. The summed E-state index contributed by atoms with van der Waals surface area (Å²) in [6.07, 6.45) is 1.32. The molecule has 3 N–H and O–H groups in total. The Kier molecular flexibility index (Phi) is 3.85. The molecule has 0 unspecified atom stereocenters. The SMILES string of the molecule is Nc1nccc(C(=O)O)c1-c1cc(Cl)c(Cl)c(Cl)c1. The largest absolute Gasteiger partial charge is 0.478 e. The molecule has 0 fully saturated rings. The number of nitrogens with two attached hydrogens (primary N) is 1. The maximum Gasteiger partial charge on any atom is 0.336 e. The van der Waals surface area contributed by atoms with Crippen molar-refractivity contribution in [3.8, 4) is 11.1 Å². The smallest absolute Gasteiger partial charge is 0.336 e. The highest BCUT2D eigenvalue weighted by atomic mass is 35.5. The number of halogens is 3. The Morgan fingerprint density at radius 2 is 1.79 bits per heavy atom. The molecule has 0 radical (unpaired) electrons. The van der Waals surface area contributed by atoms with Crippen molar-refractivity contribution in [3.05, 3.63) is 45.0 Å². The lowest BCUT2D eigenvalue weighted by molar-refractivity contribution is 0.0697. The molecule has 0 saturated carbocycles. The first-order valence-corrected chi connectivity index (χ1v) is 6.18. The van der Waals surface area contributed by atoms with Gasteiger partial charge >= 0.3 is 5.97 Å². The summed E-state index contributed by atoms with van der Waals surface area (Å²) >= 11 is 17.7. The number of hydrogen-bond acceptors (Lipinski definition) is 3. The van der Waals surface area contributed by atoms with E-state index in [1.807, 2.05) is 0 Å². The molecule has 0 atom stereocenters. The first-order valence-electron chi connectivity index (χ1n) is 5.04. The Hall–Kier alpha value is -1.49. The van der Waals surface area contributed by atoms with Gasteiger partial charge in [0.25, 0.3) is 0 Å². The minimum atomic E-state index is -1.12. The van der Waals surface area contributed by atoms with Gasteiger partial charge in [-0.25, -0.2) is 9.78 Å². The fourth-order valence-corrected chi connectivity index (χ4v) is 2.26. The second-order valence-corrected chi connectivity index (χ2v) is 4.87. The van der Waals surface area contributed by atoms with Crippen molar-refractivity contribution >= 4 is 46.6 Å². The van der Waals surface area contributed by atoms with Crippen LogP contribution in [-0.4, -0.2) is 16.1 Å². The minimum Gasteiger partial charge on any atom is -0.478 e. The van der Waals surface area contributed by atoms with Crippen LogP contribution in [0.25, 0.3) is 11.1 Å². The molecule has 98 valence electrons. The van der Waals surface area contributed by atoms with Crippen LogP contribution in [0.1, 0.15) is 10.4 Å². The van der Waals surface area contributed by atoms with E-state index in [1.54, 1.807) is 0 Å². The molecule has 7 heteroatoms. The van der Waals surface area contributed by atoms with Gasteiger partial charge in [-0.3, -0.25) is 0 Å². The summed E-state index contributed by atoms with van der Waals surface area (Å²) in [5.41, 5.74) is 6.46. The zero-order valence-electron chi connectivity index (χ0n) is 9.32. The molecule has 0 bridgehead atoms. The Morgan fingerprint density at radius 1 is 1.21 bits per heavy atom. The number of pyridine rings is 1. The molecular formula is C12H7Cl3N2O2. The third-order valence-corrected chi connectivity index (χ3v) is 3.68. The van der Waals surface area contributed by atoms with Crippen molar-refractivity contribution in [2.24, 2.45) is 0 Å². The molecule has 2 rings (SSSR count). The number of anilines is 1. The summed E-state index contributed by atoms with van der Waals surface area (Å²) in [4.78, 5) is 15.1. The Balaban J connectivity index is 2.75. The third-order valence-electron chi connectivity index (χ3n) is 2.48. The number of carboxylic acids is 1. The van der Waals surface area contributed by atoms with E-state index >= 15 is 0 Å². The van der Waals surface area contributed by atoms with Gasteiger partial charge in [-0.1, -0.05) is 34.8 Å². The lowest BCUT2D eigenvalue weighted by Crippen LogP contribution is -2.04. The van der Waals surface area contributed by atoms with Crippen molar-refractivity contribution in [1.82, 2.24) is 4.98 Å². The van der Waals surface area contributed by atoms with Gasteiger partial charge in [0.05, 0.1) is 20.6 Å². The first-order chi connectivity index (χ1) is 8.91. The summed E-state index contributed by atoms with van der Waals surface area (Å²) in [7, 11) is 0. The van der Waals surface area contributed by atoms with Crippen LogP contribution in [0.15, 0.2) is 24.4 Å². The first kappa shape index (κ1) is 13.9. The number of carbonyl (C=O) groups is 1. The van der Waals surface area contributed by atoms with Crippen LogP contribution in [0.4, 0.5) is 5.82 Å². The summed E-state index contributed by atoms with van der Waals surface area (Å²) in [5.74, 6) is -1.04. The second kappa shape index (κ2) is 5.25. The Bertz CT molecular complexity index is 651.